The molecule has 0 aromatic rings. The van der Waals surface area contributed by atoms with Crippen molar-refractivity contribution in [2.75, 3.05) is 6.61 Å². The molecule has 0 aromatic carbocycles. The molecule has 0 bridgehead atoms. The third-order valence-electron chi connectivity index (χ3n) is 3.09. The van der Waals surface area contributed by atoms with Gasteiger partial charge in [-0.2, -0.15) is 0 Å². The molecule has 24 heavy (non-hydrogen) atoms. The van der Waals surface area contributed by atoms with E-state index in [4.69, 9.17) is 18.9 Å². The van der Waals surface area contributed by atoms with Gasteiger partial charge in [0.05, 0.1) is 0 Å². The molecule has 10 heteroatoms. The second-order valence-electron chi connectivity index (χ2n) is 5.24. The van der Waals surface area contributed by atoms with Gasteiger partial charge in [-0.1, -0.05) is 0 Å². The first-order valence-electron chi connectivity index (χ1n) is 7.20. The molecule has 2 N–H and O–H groups in total. The zero-order chi connectivity index (χ0) is 18.4. The summed E-state index contributed by atoms with van der Waals surface area (Å²) < 4.78 is 20.3. The standard InChI is InChI=1S/C14H21NO9/c1-6(16)15-11-13(23-9(4)19)12(22-8(3)18)10(24-14(11)20)5-21-7(2)17/h10-14,20H,5H2,1-4H3,(H,15,16)/t10-,11-,12-,13+,14-/m1/s1. The minimum atomic E-state index is -1.56. The lowest BCUT2D eigenvalue weighted by Gasteiger charge is -2.43. The monoisotopic (exact) mass is 347 g/mol. The first kappa shape index (κ1) is 19.8. The highest BCUT2D eigenvalue weighted by atomic mass is 16.7. The van der Waals surface area contributed by atoms with Crippen LogP contribution < -0.4 is 5.32 Å². The predicted molar refractivity (Wildman–Crippen MR) is 76.2 cm³/mol. The summed E-state index contributed by atoms with van der Waals surface area (Å²) in [5, 5.41) is 12.5. The fraction of sp³-hybridized carbons (Fsp3) is 0.714. The smallest absolute Gasteiger partial charge is 0.303 e. The van der Waals surface area contributed by atoms with E-state index in [0.717, 1.165) is 13.8 Å². The molecule has 1 aliphatic rings. The zero-order valence-corrected chi connectivity index (χ0v) is 13.8. The molecule has 1 fully saturated rings. The SMILES string of the molecule is CC(=O)N[C@@H]1[C@H](OC(C)=O)[C@H](OC(C)=O)[C@@H](COC(C)=O)O[C@H]1O. The highest BCUT2D eigenvalue weighted by molar-refractivity contribution is 5.73. The second-order valence-corrected chi connectivity index (χ2v) is 5.24. The third-order valence-corrected chi connectivity index (χ3v) is 3.09. The van der Waals surface area contributed by atoms with Gasteiger partial charge in [0.1, 0.15) is 18.8 Å². The molecule has 1 saturated heterocycles. The molecular formula is C14H21NO9. The number of esters is 3. The molecule has 0 aromatic heterocycles. The lowest BCUT2D eigenvalue weighted by molar-refractivity contribution is -0.264. The van der Waals surface area contributed by atoms with Crippen LogP contribution in [0.2, 0.25) is 0 Å². The van der Waals surface area contributed by atoms with Gasteiger partial charge in [-0.05, 0) is 0 Å². The Morgan fingerprint density at radius 3 is 1.96 bits per heavy atom. The lowest BCUT2D eigenvalue weighted by atomic mass is 9.96. The molecule has 0 unspecified atom stereocenters. The molecular weight excluding hydrogens is 326 g/mol. The van der Waals surface area contributed by atoms with Crippen molar-refractivity contribution >= 4 is 23.8 Å². The summed E-state index contributed by atoms with van der Waals surface area (Å²) in [6.07, 6.45) is -5.06. The van der Waals surface area contributed by atoms with Crippen molar-refractivity contribution in [3.63, 3.8) is 0 Å². The van der Waals surface area contributed by atoms with Crippen LogP contribution in [0.3, 0.4) is 0 Å². The summed E-state index contributed by atoms with van der Waals surface area (Å²) >= 11 is 0. The van der Waals surface area contributed by atoms with Crippen molar-refractivity contribution in [3.05, 3.63) is 0 Å². The van der Waals surface area contributed by atoms with Crippen LogP contribution in [-0.2, 0) is 38.1 Å². The maximum Gasteiger partial charge on any atom is 0.303 e. The number of carbonyl (C=O) groups excluding carboxylic acids is 4. The van der Waals surface area contributed by atoms with Crippen molar-refractivity contribution in [1.29, 1.82) is 0 Å². The molecule has 5 atom stereocenters. The fourth-order valence-corrected chi connectivity index (χ4v) is 2.31. The van der Waals surface area contributed by atoms with Crippen LogP contribution in [0.4, 0.5) is 0 Å². The minimum Gasteiger partial charge on any atom is -0.463 e. The molecule has 0 saturated carbocycles. The van der Waals surface area contributed by atoms with Crippen LogP contribution in [0.25, 0.3) is 0 Å². The Balaban J connectivity index is 3.11. The number of rotatable bonds is 5. The Morgan fingerprint density at radius 2 is 1.50 bits per heavy atom. The molecule has 10 nitrogen and oxygen atoms in total. The molecule has 1 rings (SSSR count). The number of carbonyl (C=O) groups is 4. The summed E-state index contributed by atoms with van der Waals surface area (Å²) in [5.41, 5.74) is 0. The maximum absolute atomic E-state index is 11.4. The average molecular weight is 347 g/mol. The quantitative estimate of drug-likeness (QED) is 0.456. The highest BCUT2D eigenvalue weighted by Crippen LogP contribution is 2.26. The van der Waals surface area contributed by atoms with Crippen molar-refractivity contribution in [3.8, 4) is 0 Å². The van der Waals surface area contributed by atoms with Gasteiger partial charge in [0.2, 0.25) is 5.91 Å². The largest absolute Gasteiger partial charge is 0.463 e. The Hall–Kier alpha value is -2.20. The van der Waals surface area contributed by atoms with E-state index in [2.05, 4.69) is 5.32 Å². The number of aliphatic hydroxyl groups excluding tert-OH is 1. The first-order chi connectivity index (χ1) is 11.1. The Kier molecular flexibility index (Phi) is 7.11. The van der Waals surface area contributed by atoms with Crippen LogP contribution in [0.1, 0.15) is 27.7 Å². The molecule has 1 heterocycles. The van der Waals surface area contributed by atoms with Gasteiger partial charge in [0, 0.05) is 27.7 Å². The summed E-state index contributed by atoms with van der Waals surface area (Å²) in [6.45, 7) is 4.28. The van der Waals surface area contributed by atoms with Crippen molar-refractivity contribution in [2.24, 2.45) is 0 Å². The van der Waals surface area contributed by atoms with Crippen LogP contribution in [0.5, 0.6) is 0 Å². The van der Waals surface area contributed by atoms with Gasteiger partial charge in [-0.15, -0.1) is 0 Å². The summed E-state index contributed by atoms with van der Waals surface area (Å²) in [6, 6.07) is -1.16. The van der Waals surface area contributed by atoms with Gasteiger partial charge in [-0.25, -0.2) is 0 Å². The van der Waals surface area contributed by atoms with E-state index in [0.29, 0.717) is 0 Å². The van der Waals surface area contributed by atoms with E-state index >= 15 is 0 Å². The average Bonchev–Trinajstić information content (AvgIpc) is 2.42. The number of amides is 1. The Labute approximate surface area is 138 Å². The van der Waals surface area contributed by atoms with Gasteiger partial charge in [0.15, 0.2) is 18.5 Å². The highest BCUT2D eigenvalue weighted by Gasteiger charge is 2.50. The summed E-state index contributed by atoms with van der Waals surface area (Å²) in [7, 11) is 0. The van der Waals surface area contributed by atoms with Crippen molar-refractivity contribution < 1.29 is 43.2 Å². The molecule has 1 aliphatic heterocycles. The number of hydrogen-bond donors (Lipinski definition) is 2. The molecule has 0 radical (unpaired) electrons. The van der Waals surface area contributed by atoms with Crippen LogP contribution in [0.15, 0.2) is 0 Å². The van der Waals surface area contributed by atoms with Crippen LogP contribution in [-0.4, -0.2) is 66.2 Å². The van der Waals surface area contributed by atoms with E-state index in [1.54, 1.807) is 0 Å². The van der Waals surface area contributed by atoms with Crippen LogP contribution >= 0.6 is 0 Å². The third kappa shape index (κ3) is 5.78. The summed E-state index contributed by atoms with van der Waals surface area (Å²) in [5.74, 6) is -2.54. The number of ether oxygens (including phenoxy) is 4. The fourth-order valence-electron chi connectivity index (χ4n) is 2.31. The number of aliphatic hydroxyl groups is 1. The van der Waals surface area contributed by atoms with E-state index in [9.17, 15) is 24.3 Å². The predicted octanol–water partition coefficient (Wildman–Crippen LogP) is -1.37. The molecule has 1 amide bonds. The molecule has 0 aliphatic carbocycles. The van der Waals surface area contributed by atoms with Crippen molar-refractivity contribution in [2.45, 2.75) is 58.3 Å². The zero-order valence-electron chi connectivity index (χ0n) is 13.8. The number of nitrogens with one attached hydrogen (secondary N) is 1. The van der Waals surface area contributed by atoms with Gasteiger partial charge >= 0.3 is 17.9 Å². The van der Waals surface area contributed by atoms with Crippen molar-refractivity contribution in [1.82, 2.24) is 5.32 Å². The van der Waals surface area contributed by atoms with E-state index in [1.807, 2.05) is 0 Å². The normalized spacial score (nSPS) is 29.3. The molecule has 136 valence electrons. The minimum absolute atomic E-state index is 0.338. The molecule has 0 spiro atoms. The van der Waals surface area contributed by atoms with E-state index < -0.39 is 54.5 Å². The van der Waals surface area contributed by atoms with Gasteiger partial charge in [0.25, 0.3) is 0 Å². The topological polar surface area (TPSA) is 137 Å². The van der Waals surface area contributed by atoms with Gasteiger partial charge < -0.3 is 29.4 Å². The maximum atomic E-state index is 11.4. The van der Waals surface area contributed by atoms with E-state index in [1.165, 1.54) is 13.8 Å². The number of hydrogen-bond acceptors (Lipinski definition) is 9. The Bertz CT molecular complexity index is 506. The van der Waals surface area contributed by atoms with Gasteiger partial charge in [-0.3, -0.25) is 19.2 Å². The lowest BCUT2D eigenvalue weighted by Crippen LogP contribution is -2.66. The van der Waals surface area contributed by atoms with E-state index in [-0.39, 0.29) is 6.61 Å². The first-order valence-corrected chi connectivity index (χ1v) is 7.20. The summed E-state index contributed by atoms with van der Waals surface area (Å²) in [4.78, 5) is 45.0. The second kappa shape index (κ2) is 8.60. The van der Waals surface area contributed by atoms with Crippen LogP contribution in [0, 0.1) is 0 Å². The Morgan fingerprint density at radius 1 is 0.958 bits per heavy atom.